The summed E-state index contributed by atoms with van der Waals surface area (Å²) < 4.78 is 40.8. The van der Waals surface area contributed by atoms with Crippen LogP contribution in [0, 0.1) is 6.92 Å². The number of carbonyl (C=O) groups is 2. The van der Waals surface area contributed by atoms with Crippen molar-refractivity contribution in [1.29, 1.82) is 0 Å². The van der Waals surface area contributed by atoms with Gasteiger partial charge in [-0.3, -0.25) is 9.59 Å². The van der Waals surface area contributed by atoms with E-state index in [-0.39, 0.29) is 11.3 Å². The SMILES string of the molecule is Cc1cc(-c2ccccc2C(N)=O)ccc1C(=O)Nc1cnc(-n2nccn2)c(C(F)(F)F)c1. The second kappa shape index (κ2) is 8.77. The lowest BCUT2D eigenvalue weighted by Gasteiger charge is -2.14. The van der Waals surface area contributed by atoms with Crippen molar-refractivity contribution in [3.63, 3.8) is 0 Å². The van der Waals surface area contributed by atoms with Crippen molar-refractivity contribution in [1.82, 2.24) is 20.0 Å². The molecule has 2 heterocycles. The number of nitrogens with one attached hydrogen (secondary N) is 1. The fourth-order valence-electron chi connectivity index (χ4n) is 3.45. The van der Waals surface area contributed by atoms with Gasteiger partial charge in [-0.25, -0.2) is 4.98 Å². The van der Waals surface area contributed by atoms with Crippen molar-refractivity contribution < 1.29 is 22.8 Å². The number of halogens is 3. The van der Waals surface area contributed by atoms with Crippen LogP contribution >= 0.6 is 0 Å². The van der Waals surface area contributed by atoms with Gasteiger partial charge in [0.15, 0.2) is 5.82 Å². The molecule has 2 amide bonds. The van der Waals surface area contributed by atoms with Crippen LogP contribution in [0.2, 0.25) is 0 Å². The summed E-state index contributed by atoms with van der Waals surface area (Å²) in [5, 5.41) is 9.82. The van der Waals surface area contributed by atoms with Gasteiger partial charge in [0.2, 0.25) is 5.91 Å². The van der Waals surface area contributed by atoms with Crippen LogP contribution in [0.3, 0.4) is 0 Å². The largest absolute Gasteiger partial charge is 0.420 e. The first-order chi connectivity index (χ1) is 16.1. The minimum atomic E-state index is -4.75. The zero-order valence-electron chi connectivity index (χ0n) is 17.7. The minimum absolute atomic E-state index is 0.143. The van der Waals surface area contributed by atoms with Crippen LogP contribution in [0.5, 0.6) is 0 Å². The molecular formula is C23H17F3N6O2. The number of hydrogen-bond acceptors (Lipinski definition) is 5. The highest BCUT2D eigenvalue weighted by molar-refractivity contribution is 6.06. The Hall–Kier alpha value is -4.54. The van der Waals surface area contributed by atoms with Crippen molar-refractivity contribution in [2.24, 2.45) is 5.73 Å². The van der Waals surface area contributed by atoms with Crippen LogP contribution in [0.4, 0.5) is 18.9 Å². The maximum atomic E-state index is 13.6. The topological polar surface area (TPSA) is 116 Å². The van der Waals surface area contributed by atoms with E-state index in [2.05, 4.69) is 20.5 Å². The molecule has 2 aromatic heterocycles. The number of primary amides is 1. The van der Waals surface area contributed by atoms with Crippen molar-refractivity contribution in [2.45, 2.75) is 13.1 Å². The number of anilines is 1. The summed E-state index contributed by atoms with van der Waals surface area (Å²) in [6, 6.07) is 12.4. The summed E-state index contributed by atoms with van der Waals surface area (Å²) in [5.74, 6) is -1.71. The molecule has 8 nitrogen and oxygen atoms in total. The molecule has 0 fully saturated rings. The molecule has 3 N–H and O–H groups in total. The summed E-state index contributed by atoms with van der Waals surface area (Å²) in [6.45, 7) is 1.68. The highest BCUT2D eigenvalue weighted by atomic mass is 19.4. The molecule has 0 unspecified atom stereocenters. The number of amides is 2. The van der Waals surface area contributed by atoms with E-state index in [0.29, 0.717) is 22.3 Å². The predicted octanol–water partition coefficient (Wildman–Crippen LogP) is 4.01. The first-order valence-corrected chi connectivity index (χ1v) is 9.90. The van der Waals surface area contributed by atoms with Crippen LogP contribution in [0.1, 0.15) is 31.8 Å². The molecule has 2 aromatic carbocycles. The Morgan fingerprint density at radius 3 is 2.35 bits per heavy atom. The number of aryl methyl sites for hydroxylation is 1. The standard InChI is InChI=1S/C23H17F3N6O2/c1-13-10-14(17-4-2-3-5-18(17)20(27)33)6-7-16(13)22(34)31-15-11-19(23(24,25)26)21(28-12-15)32-29-8-9-30-32/h2-12H,1H3,(H2,27,33)(H,31,34). The van der Waals surface area contributed by atoms with E-state index < -0.39 is 29.4 Å². The number of nitrogens with two attached hydrogens (primary N) is 1. The second-order valence-corrected chi connectivity index (χ2v) is 7.31. The van der Waals surface area contributed by atoms with Gasteiger partial charge in [0.25, 0.3) is 5.91 Å². The molecule has 0 aliphatic heterocycles. The first-order valence-electron chi connectivity index (χ1n) is 9.90. The number of alkyl halides is 3. The van der Waals surface area contributed by atoms with Crippen molar-refractivity contribution in [3.8, 4) is 16.9 Å². The molecule has 0 saturated heterocycles. The zero-order valence-corrected chi connectivity index (χ0v) is 17.7. The third kappa shape index (κ3) is 4.49. The van der Waals surface area contributed by atoms with Gasteiger partial charge in [-0.15, -0.1) is 4.80 Å². The van der Waals surface area contributed by atoms with E-state index in [1.54, 1.807) is 43.3 Å². The van der Waals surface area contributed by atoms with Gasteiger partial charge in [0, 0.05) is 11.1 Å². The van der Waals surface area contributed by atoms with E-state index in [1.807, 2.05) is 0 Å². The Kier molecular flexibility index (Phi) is 5.84. The normalized spacial score (nSPS) is 11.3. The molecule has 11 heteroatoms. The highest BCUT2D eigenvalue weighted by Crippen LogP contribution is 2.34. The van der Waals surface area contributed by atoms with Gasteiger partial charge in [-0.2, -0.15) is 23.4 Å². The monoisotopic (exact) mass is 466 g/mol. The molecule has 172 valence electrons. The molecular weight excluding hydrogens is 449 g/mol. The molecule has 34 heavy (non-hydrogen) atoms. The van der Waals surface area contributed by atoms with E-state index >= 15 is 0 Å². The smallest absolute Gasteiger partial charge is 0.366 e. The Bertz CT molecular complexity index is 1380. The number of aromatic nitrogens is 4. The van der Waals surface area contributed by atoms with E-state index in [1.165, 1.54) is 18.5 Å². The molecule has 0 saturated carbocycles. The average molecular weight is 466 g/mol. The maximum absolute atomic E-state index is 13.6. The van der Waals surface area contributed by atoms with Crippen LogP contribution in [0.15, 0.2) is 67.1 Å². The number of hydrogen-bond donors (Lipinski definition) is 2. The summed E-state index contributed by atoms with van der Waals surface area (Å²) in [6.07, 6.45) is -1.20. The number of benzene rings is 2. The van der Waals surface area contributed by atoms with Crippen molar-refractivity contribution >= 4 is 17.5 Å². The Morgan fingerprint density at radius 2 is 1.71 bits per heavy atom. The third-order valence-electron chi connectivity index (χ3n) is 5.01. The lowest BCUT2D eigenvalue weighted by Crippen LogP contribution is -2.18. The van der Waals surface area contributed by atoms with Gasteiger partial charge in [0.05, 0.1) is 24.3 Å². The molecule has 0 radical (unpaired) electrons. The summed E-state index contributed by atoms with van der Waals surface area (Å²) in [7, 11) is 0. The van der Waals surface area contributed by atoms with Crippen molar-refractivity contribution in [2.75, 3.05) is 5.32 Å². The van der Waals surface area contributed by atoms with Gasteiger partial charge in [0.1, 0.15) is 5.56 Å². The lowest BCUT2D eigenvalue weighted by molar-refractivity contribution is -0.137. The molecule has 4 aromatic rings. The highest BCUT2D eigenvalue weighted by Gasteiger charge is 2.36. The maximum Gasteiger partial charge on any atom is 0.420 e. The van der Waals surface area contributed by atoms with Crippen LogP contribution in [-0.2, 0) is 6.18 Å². The Labute approximate surface area is 191 Å². The second-order valence-electron chi connectivity index (χ2n) is 7.31. The number of pyridine rings is 1. The van der Waals surface area contributed by atoms with E-state index in [0.717, 1.165) is 17.1 Å². The summed E-state index contributed by atoms with van der Waals surface area (Å²) >= 11 is 0. The molecule has 4 rings (SSSR count). The van der Waals surface area contributed by atoms with Gasteiger partial charge < -0.3 is 11.1 Å². The summed E-state index contributed by atoms with van der Waals surface area (Å²) in [4.78, 5) is 29.1. The quantitative estimate of drug-likeness (QED) is 0.461. The van der Waals surface area contributed by atoms with Crippen molar-refractivity contribution in [3.05, 3.63) is 89.4 Å². The fraction of sp³-hybridized carbons (Fsp3) is 0.0870. The molecule has 0 aliphatic carbocycles. The third-order valence-corrected chi connectivity index (χ3v) is 5.01. The first kappa shape index (κ1) is 22.6. The number of rotatable bonds is 5. The number of carbonyl (C=O) groups excluding carboxylic acids is 2. The average Bonchev–Trinajstić information content (AvgIpc) is 3.33. The molecule has 0 spiro atoms. The predicted molar refractivity (Wildman–Crippen MR) is 117 cm³/mol. The van der Waals surface area contributed by atoms with E-state index in [9.17, 15) is 22.8 Å². The zero-order chi connectivity index (χ0) is 24.5. The van der Waals surface area contributed by atoms with Gasteiger partial charge >= 0.3 is 6.18 Å². The lowest BCUT2D eigenvalue weighted by atomic mass is 9.95. The van der Waals surface area contributed by atoms with Gasteiger partial charge in [-0.1, -0.05) is 30.3 Å². The van der Waals surface area contributed by atoms with E-state index in [4.69, 9.17) is 5.73 Å². The molecule has 0 atom stereocenters. The van der Waals surface area contributed by atoms with Gasteiger partial charge in [-0.05, 0) is 41.8 Å². The molecule has 0 bridgehead atoms. The Balaban J connectivity index is 1.63. The van der Waals surface area contributed by atoms with Crippen LogP contribution in [-0.4, -0.2) is 31.8 Å². The van der Waals surface area contributed by atoms with Crippen LogP contribution < -0.4 is 11.1 Å². The van der Waals surface area contributed by atoms with Crippen LogP contribution in [0.25, 0.3) is 16.9 Å². The fourth-order valence-corrected chi connectivity index (χ4v) is 3.45. The Morgan fingerprint density at radius 1 is 1.00 bits per heavy atom. The number of nitrogens with zero attached hydrogens (tertiary/aromatic N) is 4. The summed E-state index contributed by atoms with van der Waals surface area (Å²) in [5.41, 5.74) is 6.59. The molecule has 0 aliphatic rings. The minimum Gasteiger partial charge on any atom is -0.366 e.